The van der Waals surface area contributed by atoms with Crippen molar-refractivity contribution in [2.24, 2.45) is 11.8 Å². The first-order valence-electron chi connectivity index (χ1n) is 7.46. The van der Waals surface area contributed by atoms with Gasteiger partial charge in [0.15, 0.2) is 0 Å². The van der Waals surface area contributed by atoms with Gasteiger partial charge in [0.05, 0.1) is 11.4 Å². The molecule has 24 heavy (non-hydrogen) atoms. The summed E-state index contributed by atoms with van der Waals surface area (Å²) < 4.78 is 39.0. The number of amides is 1. The van der Waals surface area contributed by atoms with Crippen molar-refractivity contribution < 1.29 is 18.0 Å². The summed E-state index contributed by atoms with van der Waals surface area (Å²) in [4.78, 5) is 20.1. The second kappa shape index (κ2) is 5.81. The molecule has 0 radical (unpaired) electrons. The second-order valence-corrected chi connectivity index (χ2v) is 5.87. The molecule has 1 aliphatic rings. The number of halogens is 3. The third kappa shape index (κ3) is 3.06. The molecule has 5 N–H and O–H groups in total. The molecule has 1 aromatic carbocycles. The normalized spacial score (nSPS) is 21.1. The van der Waals surface area contributed by atoms with E-state index >= 15 is 0 Å². The standard InChI is InChI=1S/C15H16F3N5O/c16-15(17,18)10-3-1-2-8(10)13(24)21-7-4-5-11-9(6-7)12(19)23-14(20)22-11/h4-6,8,10H,1-3H2,(H,21,24)(H4,19,20,22,23)/t8-,10-/m1/s1. The highest BCUT2D eigenvalue weighted by molar-refractivity contribution is 5.97. The first-order chi connectivity index (χ1) is 11.3. The number of rotatable bonds is 2. The van der Waals surface area contributed by atoms with E-state index in [-0.39, 0.29) is 24.6 Å². The molecule has 1 saturated carbocycles. The molecule has 128 valence electrons. The number of anilines is 3. The van der Waals surface area contributed by atoms with E-state index in [1.807, 2.05) is 0 Å². The molecule has 2 atom stereocenters. The van der Waals surface area contributed by atoms with E-state index in [1.54, 1.807) is 12.1 Å². The average molecular weight is 339 g/mol. The van der Waals surface area contributed by atoms with Gasteiger partial charge in [0, 0.05) is 17.0 Å². The molecule has 0 spiro atoms. The monoisotopic (exact) mass is 339 g/mol. The SMILES string of the molecule is Nc1nc(N)c2cc(NC(=O)[C@@H]3CCC[C@H]3C(F)(F)F)ccc2n1. The lowest BCUT2D eigenvalue weighted by Gasteiger charge is -2.21. The molecule has 1 amide bonds. The smallest absolute Gasteiger partial charge is 0.383 e. The number of nitrogens with one attached hydrogen (secondary N) is 1. The number of nitrogens with two attached hydrogens (primary N) is 2. The zero-order chi connectivity index (χ0) is 17.5. The van der Waals surface area contributed by atoms with Crippen molar-refractivity contribution in [3.63, 3.8) is 0 Å². The van der Waals surface area contributed by atoms with Gasteiger partial charge in [-0.05, 0) is 31.0 Å². The van der Waals surface area contributed by atoms with E-state index in [1.165, 1.54) is 6.07 Å². The largest absolute Gasteiger partial charge is 0.392 e. The highest BCUT2D eigenvalue weighted by Crippen LogP contribution is 2.43. The van der Waals surface area contributed by atoms with E-state index in [0.29, 0.717) is 23.0 Å². The molecule has 9 heteroatoms. The number of fused-ring (bicyclic) bond motifs is 1. The quantitative estimate of drug-likeness (QED) is 0.780. The van der Waals surface area contributed by atoms with Gasteiger partial charge in [0.1, 0.15) is 5.82 Å². The number of hydrogen-bond acceptors (Lipinski definition) is 5. The number of nitrogen functional groups attached to an aromatic ring is 2. The molecule has 1 fully saturated rings. The minimum atomic E-state index is -4.36. The summed E-state index contributed by atoms with van der Waals surface area (Å²) in [6.07, 6.45) is -3.76. The van der Waals surface area contributed by atoms with Crippen LogP contribution < -0.4 is 16.8 Å². The van der Waals surface area contributed by atoms with Crippen molar-refractivity contribution in [2.75, 3.05) is 16.8 Å². The Balaban J connectivity index is 1.83. The summed E-state index contributed by atoms with van der Waals surface area (Å²) in [6, 6.07) is 4.65. The third-order valence-electron chi connectivity index (χ3n) is 4.28. The van der Waals surface area contributed by atoms with Gasteiger partial charge in [-0.3, -0.25) is 4.79 Å². The van der Waals surface area contributed by atoms with Crippen LogP contribution in [0.2, 0.25) is 0 Å². The van der Waals surface area contributed by atoms with E-state index in [2.05, 4.69) is 15.3 Å². The van der Waals surface area contributed by atoms with Gasteiger partial charge in [-0.2, -0.15) is 18.2 Å². The van der Waals surface area contributed by atoms with Crippen molar-refractivity contribution in [3.8, 4) is 0 Å². The Kier molecular flexibility index (Phi) is 3.94. The highest BCUT2D eigenvalue weighted by Gasteiger charge is 2.49. The summed E-state index contributed by atoms with van der Waals surface area (Å²) in [7, 11) is 0. The maximum Gasteiger partial charge on any atom is 0.392 e. The lowest BCUT2D eigenvalue weighted by Crippen LogP contribution is -2.34. The van der Waals surface area contributed by atoms with Crippen LogP contribution in [0.3, 0.4) is 0 Å². The molecule has 1 aliphatic carbocycles. The third-order valence-corrected chi connectivity index (χ3v) is 4.28. The van der Waals surface area contributed by atoms with Crippen molar-refractivity contribution in [1.82, 2.24) is 9.97 Å². The first kappa shape index (κ1) is 16.3. The molecular weight excluding hydrogens is 323 g/mol. The Labute approximate surface area is 135 Å². The molecule has 2 aromatic rings. The Morgan fingerprint density at radius 1 is 1.21 bits per heavy atom. The molecule has 0 aliphatic heterocycles. The van der Waals surface area contributed by atoms with E-state index in [0.717, 1.165) is 0 Å². The fraction of sp³-hybridized carbons (Fsp3) is 0.400. The fourth-order valence-electron chi connectivity index (χ4n) is 3.15. The summed E-state index contributed by atoms with van der Waals surface area (Å²) >= 11 is 0. The van der Waals surface area contributed by atoms with Crippen LogP contribution in [-0.4, -0.2) is 22.1 Å². The molecule has 1 aromatic heterocycles. The number of nitrogens with zero attached hydrogens (tertiary/aromatic N) is 2. The summed E-state index contributed by atoms with van der Waals surface area (Å²) in [5.41, 5.74) is 12.1. The van der Waals surface area contributed by atoms with Gasteiger partial charge in [-0.25, -0.2) is 4.98 Å². The van der Waals surface area contributed by atoms with Gasteiger partial charge in [-0.1, -0.05) is 6.42 Å². The molecule has 0 saturated heterocycles. The molecule has 3 rings (SSSR count). The number of carbonyl (C=O) groups is 1. The van der Waals surface area contributed by atoms with Gasteiger partial charge in [0.25, 0.3) is 0 Å². The van der Waals surface area contributed by atoms with Crippen molar-refractivity contribution in [1.29, 1.82) is 0 Å². The van der Waals surface area contributed by atoms with Crippen LogP contribution in [0, 0.1) is 11.8 Å². The maximum absolute atomic E-state index is 13.0. The number of hydrogen-bond donors (Lipinski definition) is 3. The van der Waals surface area contributed by atoms with Crippen molar-refractivity contribution in [2.45, 2.75) is 25.4 Å². The number of carbonyl (C=O) groups excluding carboxylic acids is 1. The number of benzene rings is 1. The Morgan fingerprint density at radius 2 is 1.96 bits per heavy atom. The lowest BCUT2D eigenvalue weighted by molar-refractivity contribution is -0.185. The second-order valence-electron chi connectivity index (χ2n) is 5.87. The number of aromatic nitrogens is 2. The lowest BCUT2D eigenvalue weighted by atomic mass is 9.94. The van der Waals surface area contributed by atoms with Crippen molar-refractivity contribution in [3.05, 3.63) is 18.2 Å². The van der Waals surface area contributed by atoms with Gasteiger partial charge in [0.2, 0.25) is 11.9 Å². The van der Waals surface area contributed by atoms with Crippen LogP contribution in [0.4, 0.5) is 30.6 Å². The van der Waals surface area contributed by atoms with E-state index in [9.17, 15) is 18.0 Å². The molecule has 0 bridgehead atoms. The summed E-state index contributed by atoms with van der Waals surface area (Å²) in [5.74, 6) is -3.13. The van der Waals surface area contributed by atoms with Crippen LogP contribution in [0.25, 0.3) is 10.9 Å². The van der Waals surface area contributed by atoms with Crippen LogP contribution >= 0.6 is 0 Å². The van der Waals surface area contributed by atoms with E-state index < -0.39 is 23.9 Å². The fourth-order valence-corrected chi connectivity index (χ4v) is 3.15. The van der Waals surface area contributed by atoms with Crippen LogP contribution in [0.1, 0.15) is 19.3 Å². The number of alkyl halides is 3. The zero-order valence-corrected chi connectivity index (χ0v) is 12.6. The maximum atomic E-state index is 13.0. The Bertz CT molecular complexity index is 793. The molecule has 1 heterocycles. The van der Waals surface area contributed by atoms with Gasteiger partial charge >= 0.3 is 6.18 Å². The highest BCUT2D eigenvalue weighted by atomic mass is 19.4. The predicted octanol–water partition coefficient (Wildman–Crippen LogP) is 2.71. The molecule has 0 unspecified atom stereocenters. The topological polar surface area (TPSA) is 107 Å². The zero-order valence-electron chi connectivity index (χ0n) is 12.6. The van der Waals surface area contributed by atoms with Crippen LogP contribution in [0.15, 0.2) is 18.2 Å². The van der Waals surface area contributed by atoms with Gasteiger partial charge < -0.3 is 16.8 Å². The minimum absolute atomic E-state index is 0.0145. The summed E-state index contributed by atoms with van der Waals surface area (Å²) in [5, 5.41) is 3.01. The predicted molar refractivity (Wildman–Crippen MR) is 83.9 cm³/mol. The first-order valence-corrected chi connectivity index (χ1v) is 7.46. The van der Waals surface area contributed by atoms with E-state index in [4.69, 9.17) is 11.5 Å². The Hall–Kier alpha value is -2.58. The minimum Gasteiger partial charge on any atom is -0.383 e. The van der Waals surface area contributed by atoms with Crippen molar-refractivity contribution >= 4 is 34.3 Å². The van der Waals surface area contributed by atoms with Crippen LogP contribution in [0.5, 0.6) is 0 Å². The summed E-state index contributed by atoms with van der Waals surface area (Å²) in [6.45, 7) is 0. The Morgan fingerprint density at radius 3 is 2.67 bits per heavy atom. The molecular formula is C15H16F3N5O. The average Bonchev–Trinajstić information content (AvgIpc) is 2.97. The van der Waals surface area contributed by atoms with Crippen LogP contribution in [-0.2, 0) is 4.79 Å². The molecule has 6 nitrogen and oxygen atoms in total. The van der Waals surface area contributed by atoms with Gasteiger partial charge in [-0.15, -0.1) is 0 Å².